The summed E-state index contributed by atoms with van der Waals surface area (Å²) in [6.07, 6.45) is 2.45. The molecule has 1 saturated heterocycles. The van der Waals surface area contributed by atoms with Crippen molar-refractivity contribution in [2.45, 2.75) is 32.3 Å². The lowest BCUT2D eigenvalue weighted by Gasteiger charge is -2.20. The van der Waals surface area contributed by atoms with Crippen LogP contribution in [0, 0.1) is 0 Å². The number of nitrogens with one attached hydrogen (secondary N) is 1. The molecule has 1 aliphatic rings. The van der Waals surface area contributed by atoms with Crippen LogP contribution in [-0.4, -0.2) is 24.7 Å². The van der Waals surface area contributed by atoms with Crippen LogP contribution in [-0.2, 0) is 11.3 Å². The molecule has 1 N–H and O–H groups in total. The molecule has 2 rings (SSSR count). The molecule has 0 bridgehead atoms. The normalized spacial score (nSPS) is 17.1. The first-order chi connectivity index (χ1) is 7.40. The molecule has 0 aromatic carbocycles. The Hall–Kier alpha value is -0.160. The third-order valence-electron chi connectivity index (χ3n) is 2.71. The van der Waals surface area contributed by atoms with Gasteiger partial charge < -0.3 is 10.1 Å². The van der Waals surface area contributed by atoms with Gasteiger partial charge in [-0.2, -0.15) is 0 Å². The predicted molar refractivity (Wildman–Crippen MR) is 69.5 cm³/mol. The van der Waals surface area contributed by atoms with Crippen LogP contribution in [0.2, 0.25) is 0 Å². The van der Waals surface area contributed by atoms with Gasteiger partial charge >= 0.3 is 0 Å². The molecule has 0 radical (unpaired) electrons. The van der Waals surface area contributed by atoms with Crippen LogP contribution < -0.4 is 5.32 Å². The Balaban J connectivity index is 0.00000128. The fourth-order valence-corrected chi connectivity index (χ4v) is 2.83. The van der Waals surface area contributed by atoms with Crippen LogP contribution >= 0.6 is 23.7 Å². The molecule has 0 saturated carbocycles. The van der Waals surface area contributed by atoms with Crippen LogP contribution in [0.1, 0.15) is 36.4 Å². The summed E-state index contributed by atoms with van der Waals surface area (Å²) >= 11 is 1.79. The monoisotopic (exact) mass is 262 g/mol. The molecular weight excluding hydrogens is 244 g/mol. The fourth-order valence-electron chi connectivity index (χ4n) is 1.85. The zero-order valence-electron chi connectivity index (χ0n) is 9.57. The standard InChI is InChI=1S/C11H18N2OS.ClH/c1-2-14-7-10-8-15-11(13-10)9-3-5-12-6-4-9;/h8-9,12H,2-7H2,1H3;1H. The Kier molecular flexibility index (Phi) is 6.28. The van der Waals surface area contributed by atoms with Crippen LogP contribution in [0.4, 0.5) is 0 Å². The van der Waals surface area contributed by atoms with Crippen molar-refractivity contribution >= 4 is 23.7 Å². The second-order valence-corrected chi connectivity index (χ2v) is 4.73. The highest BCUT2D eigenvalue weighted by Crippen LogP contribution is 2.27. The second-order valence-electron chi connectivity index (χ2n) is 3.84. The number of aromatic nitrogens is 1. The largest absolute Gasteiger partial charge is 0.375 e. The lowest BCUT2D eigenvalue weighted by atomic mass is 9.99. The van der Waals surface area contributed by atoms with E-state index in [0.717, 1.165) is 25.4 Å². The molecule has 1 aromatic rings. The van der Waals surface area contributed by atoms with Gasteiger partial charge in [-0.25, -0.2) is 4.98 Å². The third-order valence-corrected chi connectivity index (χ3v) is 3.77. The average Bonchev–Trinajstić information content (AvgIpc) is 2.76. The van der Waals surface area contributed by atoms with Crippen molar-refractivity contribution < 1.29 is 4.74 Å². The number of nitrogens with zero attached hydrogens (tertiary/aromatic N) is 1. The summed E-state index contributed by atoms with van der Waals surface area (Å²) in [5, 5.41) is 6.81. The van der Waals surface area contributed by atoms with Gasteiger partial charge in [0.25, 0.3) is 0 Å². The van der Waals surface area contributed by atoms with Crippen LogP contribution in [0.3, 0.4) is 0 Å². The summed E-state index contributed by atoms with van der Waals surface area (Å²) in [6.45, 7) is 5.70. The second kappa shape index (κ2) is 7.22. The zero-order valence-corrected chi connectivity index (χ0v) is 11.2. The first-order valence-electron chi connectivity index (χ1n) is 5.63. The van der Waals surface area contributed by atoms with Crippen molar-refractivity contribution in [3.8, 4) is 0 Å². The first-order valence-corrected chi connectivity index (χ1v) is 6.51. The summed E-state index contributed by atoms with van der Waals surface area (Å²) < 4.78 is 5.35. The molecule has 0 spiro atoms. The molecule has 1 aromatic heterocycles. The molecular formula is C11H19ClN2OS. The molecule has 0 amide bonds. The van der Waals surface area contributed by atoms with Crippen molar-refractivity contribution in [1.29, 1.82) is 0 Å². The Morgan fingerprint density at radius 3 is 2.94 bits per heavy atom. The maximum absolute atomic E-state index is 5.35. The number of ether oxygens (including phenoxy) is 1. The quantitative estimate of drug-likeness (QED) is 0.906. The van der Waals surface area contributed by atoms with E-state index in [0.29, 0.717) is 12.5 Å². The Morgan fingerprint density at radius 1 is 1.50 bits per heavy atom. The molecule has 1 fully saturated rings. The average molecular weight is 263 g/mol. The number of hydrogen-bond donors (Lipinski definition) is 1. The highest BCUT2D eigenvalue weighted by Gasteiger charge is 2.18. The van der Waals surface area contributed by atoms with E-state index in [4.69, 9.17) is 4.74 Å². The van der Waals surface area contributed by atoms with E-state index in [-0.39, 0.29) is 12.4 Å². The minimum Gasteiger partial charge on any atom is -0.375 e. The molecule has 1 aliphatic heterocycles. The maximum Gasteiger partial charge on any atom is 0.0961 e. The van der Waals surface area contributed by atoms with Crippen molar-refractivity contribution in [3.63, 3.8) is 0 Å². The Morgan fingerprint density at radius 2 is 2.25 bits per heavy atom. The van der Waals surface area contributed by atoms with E-state index < -0.39 is 0 Å². The number of rotatable bonds is 4. The van der Waals surface area contributed by atoms with Crippen molar-refractivity contribution in [2.75, 3.05) is 19.7 Å². The molecule has 0 unspecified atom stereocenters. The van der Waals surface area contributed by atoms with Gasteiger partial charge in [0.15, 0.2) is 0 Å². The van der Waals surface area contributed by atoms with Gasteiger partial charge in [0.2, 0.25) is 0 Å². The first kappa shape index (κ1) is 13.9. The van der Waals surface area contributed by atoms with E-state index >= 15 is 0 Å². The van der Waals surface area contributed by atoms with E-state index in [1.54, 1.807) is 11.3 Å². The number of hydrogen-bond acceptors (Lipinski definition) is 4. The summed E-state index contributed by atoms with van der Waals surface area (Å²) in [6, 6.07) is 0. The lowest BCUT2D eigenvalue weighted by molar-refractivity contribution is 0.131. The molecule has 3 nitrogen and oxygen atoms in total. The van der Waals surface area contributed by atoms with Crippen LogP contribution in [0.25, 0.3) is 0 Å². The van der Waals surface area contributed by atoms with E-state index in [1.165, 1.54) is 17.8 Å². The smallest absolute Gasteiger partial charge is 0.0961 e. The van der Waals surface area contributed by atoms with E-state index in [1.807, 2.05) is 6.92 Å². The Bertz CT molecular complexity index is 300. The van der Waals surface area contributed by atoms with Gasteiger partial charge in [-0.1, -0.05) is 0 Å². The van der Waals surface area contributed by atoms with Gasteiger partial charge in [0.05, 0.1) is 17.3 Å². The number of halogens is 1. The molecule has 92 valence electrons. The predicted octanol–water partition coefficient (Wildman–Crippen LogP) is 2.57. The van der Waals surface area contributed by atoms with Gasteiger partial charge in [-0.05, 0) is 32.9 Å². The van der Waals surface area contributed by atoms with Crippen molar-refractivity contribution in [3.05, 3.63) is 16.1 Å². The van der Waals surface area contributed by atoms with Gasteiger partial charge in [-0.3, -0.25) is 0 Å². The minimum atomic E-state index is 0. The van der Waals surface area contributed by atoms with Crippen molar-refractivity contribution in [1.82, 2.24) is 10.3 Å². The van der Waals surface area contributed by atoms with Crippen LogP contribution in [0.5, 0.6) is 0 Å². The number of thiazole rings is 1. The SMILES string of the molecule is CCOCc1csc(C2CCNCC2)n1.Cl. The topological polar surface area (TPSA) is 34.1 Å². The van der Waals surface area contributed by atoms with Crippen molar-refractivity contribution in [2.24, 2.45) is 0 Å². The molecule has 0 atom stereocenters. The fraction of sp³-hybridized carbons (Fsp3) is 0.727. The van der Waals surface area contributed by atoms with Gasteiger partial charge in [0, 0.05) is 17.9 Å². The van der Waals surface area contributed by atoms with Crippen LogP contribution in [0.15, 0.2) is 5.38 Å². The molecule has 2 heterocycles. The summed E-state index contributed by atoms with van der Waals surface area (Å²) in [4.78, 5) is 4.64. The summed E-state index contributed by atoms with van der Waals surface area (Å²) in [5.74, 6) is 0.673. The molecule has 0 aliphatic carbocycles. The van der Waals surface area contributed by atoms with Gasteiger partial charge in [-0.15, -0.1) is 23.7 Å². The maximum atomic E-state index is 5.35. The Labute approximate surface area is 107 Å². The zero-order chi connectivity index (χ0) is 10.5. The number of piperidine rings is 1. The third kappa shape index (κ3) is 3.70. The minimum absolute atomic E-state index is 0. The summed E-state index contributed by atoms with van der Waals surface area (Å²) in [7, 11) is 0. The summed E-state index contributed by atoms with van der Waals surface area (Å²) in [5.41, 5.74) is 1.09. The van der Waals surface area contributed by atoms with Gasteiger partial charge in [0.1, 0.15) is 0 Å². The van der Waals surface area contributed by atoms with E-state index in [2.05, 4.69) is 15.7 Å². The lowest BCUT2D eigenvalue weighted by Crippen LogP contribution is -2.26. The highest BCUT2D eigenvalue weighted by atomic mass is 35.5. The molecule has 5 heteroatoms. The molecule has 16 heavy (non-hydrogen) atoms. The van der Waals surface area contributed by atoms with E-state index in [9.17, 15) is 0 Å². The highest BCUT2D eigenvalue weighted by molar-refractivity contribution is 7.09.